The second-order valence-electron chi connectivity index (χ2n) is 8.06. The molecule has 9 heteroatoms. The van der Waals surface area contributed by atoms with Crippen LogP contribution in [0, 0.1) is 5.92 Å². The van der Waals surface area contributed by atoms with Gasteiger partial charge in [0.1, 0.15) is 0 Å². The van der Waals surface area contributed by atoms with Crippen LogP contribution in [0.3, 0.4) is 0 Å². The summed E-state index contributed by atoms with van der Waals surface area (Å²) in [6.45, 7) is 3.84. The van der Waals surface area contributed by atoms with Crippen molar-refractivity contribution in [2.45, 2.75) is 31.9 Å². The zero-order chi connectivity index (χ0) is 23.1. The molecule has 2 aromatic rings. The number of hydrogen-bond acceptors (Lipinski definition) is 5. The van der Waals surface area contributed by atoms with Crippen LogP contribution < -0.4 is 15.3 Å². The van der Waals surface area contributed by atoms with Gasteiger partial charge in [0.15, 0.2) is 0 Å². The van der Waals surface area contributed by atoms with Crippen LogP contribution >= 0.6 is 0 Å². The zero-order valence-electron chi connectivity index (χ0n) is 18.3. The number of aliphatic hydroxyl groups is 1. The van der Waals surface area contributed by atoms with Crippen LogP contribution in [0.5, 0.6) is 0 Å². The molecule has 0 heterocycles. The first kappa shape index (κ1) is 23.4. The molecular weight excluding hydrogens is 407 g/mol. The molecule has 0 saturated carbocycles. The Bertz CT molecular complexity index is 977. The molecule has 0 spiro atoms. The first-order chi connectivity index (χ1) is 15.4. The van der Waals surface area contributed by atoms with Gasteiger partial charge >= 0.3 is 111 Å². The normalized spacial score (nSPS) is 14.0. The number of aliphatic hydroxyl groups excluding tert-OH is 1. The fourth-order valence-corrected chi connectivity index (χ4v) is 3.85. The van der Waals surface area contributed by atoms with Gasteiger partial charge in [0.05, 0.1) is 0 Å². The van der Waals surface area contributed by atoms with Crippen molar-refractivity contribution in [3.05, 3.63) is 59.7 Å². The van der Waals surface area contributed by atoms with Gasteiger partial charge in [0.2, 0.25) is 0 Å². The third-order valence-electron chi connectivity index (χ3n) is 5.47. The number of carbonyl (C=O) groups excluding carboxylic acids is 2. The molecule has 2 unspecified atom stereocenters. The van der Waals surface area contributed by atoms with Gasteiger partial charge in [-0.15, -0.1) is 0 Å². The van der Waals surface area contributed by atoms with Crippen LogP contribution in [-0.2, 0) is 9.53 Å². The van der Waals surface area contributed by atoms with Gasteiger partial charge in [0, 0.05) is 5.92 Å². The molecule has 1 aliphatic carbocycles. The van der Waals surface area contributed by atoms with Crippen LogP contribution in [0.2, 0.25) is 0 Å². The molecule has 166 valence electrons. The summed E-state index contributed by atoms with van der Waals surface area (Å²) in [5.74, 6) is -0.636. The first-order valence-electron chi connectivity index (χ1n) is 10.6. The van der Waals surface area contributed by atoms with E-state index in [9.17, 15) is 14.7 Å². The number of benzene rings is 2. The van der Waals surface area contributed by atoms with E-state index in [4.69, 9.17) is 4.74 Å². The molecule has 2 atom stereocenters. The van der Waals surface area contributed by atoms with Crippen molar-refractivity contribution in [3.8, 4) is 11.1 Å². The minimum atomic E-state index is -0.883. The van der Waals surface area contributed by atoms with Crippen molar-refractivity contribution in [2.75, 3.05) is 19.7 Å². The molecule has 0 aliphatic heterocycles. The number of rotatable bonds is 9. The number of nitrogens with one attached hydrogen (secondary N) is 2. The molecule has 1 aliphatic rings. The molecule has 32 heavy (non-hydrogen) atoms. The van der Waals surface area contributed by atoms with Gasteiger partial charge in [-0.3, -0.25) is 0 Å². The monoisotopic (exact) mass is 435 g/mol. The van der Waals surface area contributed by atoms with Crippen molar-refractivity contribution < 1.29 is 19.4 Å². The average Bonchev–Trinajstić information content (AvgIpc) is 3.11. The summed E-state index contributed by atoms with van der Waals surface area (Å²) in [6, 6.07) is 15.4. The summed E-state index contributed by atoms with van der Waals surface area (Å²) in [4.78, 5) is 25.1. The first-order valence-corrected chi connectivity index (χ1v) is 10.6. The Balaban J connectivity index is 1.59. The van der Waals surface area contributed by atoms with Crippen LogP contribution in [0.4, 0.5) is 4.79 Å². The maximum absolute atomic E-state index is 12.5. The second kappa shape index (κ2) is 10.8. The molecule has 8 nitrogen and oxygen atoms in total. The summed E-state index contributed by atoms with van der Waals surface area (Å²) in [7, 11) is 3.21. The number of hydrogen-bond donors (Lipinski definition) is 3. The molecule has 3 N–H and O–H groups in total. The van der Waals surface area contributed by atoms with Crippen LogP contribution in [0.15, 0.2) is 53.6 Å². The Hall–Kier alpha value is -3.29. The van der Waals surface area contributed by atoms with Crippen LogP contribution in [0.25, 0.3) is 11.1 Å². The topological polar surface area (TPSA) is 114 Å². The average molecular weight is 435 g/mol. The van der Waals surface area contributed by atoms with Crippen LogP contribution in [0.1, 0.15) is 30.9 Å². The summed E-state index contributed by atoms with van der Waals surface area (Å²) in [5, 5.41) is 18.7. The Morgan fingerprint density at radius 2 is 1.72 bits per heavy atom. The van der Waals surface area contributed by atoms with Gasteiger partial charge in [0.25, 0.3) is 0 Å². The Morgan fingerprint density at radius 1 is 1.12 bits per heavy atom. The van der Waals surface area contributed by atoms with Gasteiger partial charge in [-0.25, -0.2) is 0 Å². The van der Waals surface area contributed by atoms with E-state index in [0.717, 1.165) is 22.3 Å². The number of alkyl carbamates (subject to hydrolysis) is 1. The van der Waals surface area contributed by atoms with Gasteiger partial charge in [-0.2, -0.15) is 0 Å². The second-order valence-corrected chi connectivity index (χ2v) is 8.06. The number of carbonyl (C=O) groups is 2. The van der Waals surface area contributed by atoms with E-state index in [0.29, 0.717) is 0 Å². The van der Waals surface area contributed by atoms with Crippen molar-refractivity contribution in [3.63, 3.8) is 0 Å². The maximum atomic E-state index is 12.5. The Kier molecular flexibility index (Phi) is 7.92. The van der Waals surface area contributed by atoms with Gasteiger partial charge < -0.3 is 0 Å². The zero-order valence-corrected chi connectivity index (χ0v) is 18.3. The van der Waals surface area contributed by atoms with Gasteiger partial charge in [-0.1, -0.05) is 48.5 Å². The van der Waals surface area contributed by atoms with Crippen LogP contribution in [-0.4, -0.2) is 56.6 Å². The number of ether oxygens (including phenoxy) is 1. The fourth-order valence-electron chi connectivity index (χ4n) is 3.85. The number of nitrogens with zero attached hydrogens (tertiary/aromatic N) is 2. The number of fused-ring (bicyclic) bond motifs is 3. The molecule has 2 amide bonds. The van der Waals surface area contributed by atoms with E-state index in [2.05, 4.69) is 40.2 Å². The van der Waals surface area contributed by atoms with Crippen molar-refractivity contribution >= 4 is 19.6 Å². The Morgan fingerprint density at radius 3 is 2.28 bits per heavy atom. The standard InChI is InChI=1S/C23H27BN4O4/c1-14(2)21(22(30)25-11-15(29)12-26-28-24)27-23(31)32-13-20-18-9-5-3-7-16(18)17-8-4-6-10-19(17)20/h3-10,14-15,20-21,24,29H,11-13H2,1-2H3,(H-,25,27,30,31)/p+1. The molecule has 3 rings (SSSR count). The summed E-state index contributed by atoms with van der Waals surface area (Å²) < 4.78 is 8.85. The SMILES string of the molecule is B=[N+]=NCC(O)CNC(=O)C(NC(=O)OCC1c2ccccc2-c2ccccc21)C(C)C. The molecule has 0 bridgehead atoms. The molecule has 0 saturated heterocycles. The number of amides is 2. The van der Waals surface area contributed by atoms with Crippen molar-refractivity contribution in [2.24, 2.45) is 11.0 Å². The summed E-state index contributed by atoms with van der Waals surface area (Å²) >= 11 is 0. The van der Waals surface area contributed by atoms with E-state index in [-0.39, 0.29) is 31.5 Å². The van der Waals surface area contributed by atoms with Crippen molar-refractivity contribution in [1.82, 2.24) is 15.3 Å². The van der Waals surface area contributed by atoms with E-state index in [1.54, 1.807) is 0 Å². The van der Waals surface area contributed by atoms with E-state index < -0.39 is 24.1 Å². The molecular formula is C23H28BN4O4+. The molecule has 2 aromatic carbocycles. The third kappa shape index (κ3) is 5.49. The fraction of sp³-hybridized carbons (Fsp3) is 0.391. The van der Waals surface area contributed by atoms with Gasteiger partial charge in [-0.05, 0) is 22.3 Å². The van der Waals surface area contributed by atoms with E-state index >= 15 is 0 Å². The predicted octanol–water partition coefficient (Wildman–Crippen LogP) is 1.63. The van der Waals surface area contributed by atoms with E-state index in [1.165, 1.54) is 0 Å². The predicted molar refractivity (Wildman–Crippen MR) is 122 cm³/mol. The van der Waals surface area contributed by atoms with Crippen molar-refractivity contribution in [1.29, 1.82) is 0 Å². The molecule has 0 fully saturated rings. The summed E-state index contributed by atoms with van der Waals surface area (Å²) in [5.41, 5.74) is 4.53. The minimum absolute atomic E-state index is 0.00650. The Labute approximate surface area is 188 Å². The molecule has 0 radical (unpaired) electrons. The quantitative estimate of drug-likeness (QED) is 0.316. The summed E-state index contributed by atoms with van der Waals surface area (Å²) in [6.07, 6.45) is -1.54. The van der Waals surface area contributed by atoms with E-state index in [1.807, 2.05) is 50.2 Å². The molecule has 0 aromatic heterocycles. The third-order valence-corrected chi connectivity index (χ3v) is 5.47.